The summed E-state index contributed by atoms with van der Waals surface area (Å²) in [6.45, 7) is 4.63. The lowest BCUT2D eigenvalue weighted by molar-refractivity contribution is 0.358. The lowest BCUT2D eigenvalue weighted by atomic mass is 9.87. The van der Waals surface area contributed by atoms with Gasteiger partial charge in [-0.05, 0) is 68.1 Å². The molecule has 0 heterocycles. The highest BCUT2D eigenvalue weighted by Crippen LogP contribution is 2.34. The largest absolute Gasteiger partial charge is 0.162 e. The van der Waals surface area contributed by atoms with Crippen LogP contribution in [-0.2, 0) is 0 Å². The van der Waals surface area contributed by atoms with Crippen LogP contribution >= 0.6 is 23.5 Å². The summed E-state index contributed by atoms with van der Waals surface area (Å²) in [4.78, 5) is 0. The van der Waals surface area contributed by atoms with Gasteiger partial charge in [-0.3, -0.25) is 0 Å². The third kappa shape index (κ3) is 40.9. The van der Waals surface area contributed by atoms with E-state index in [2.05, 4.69) is 37.4 Å². The molecule has 0 aromatic rings. The zero-order valence-corrected chi connectivity index (χ0v) is 39.5. The molecule has 2 heteroatoms. The Labute approximate surface area is 353 Å². The Kier molecular flexibility index (Phi) is 45.3. The second-order valence-electron chi connectivity index (χ2n) is 18.3. The second kappa shape index (κ2) is 46.4. The summed E-state index contributed by atoms with van der Waals surface area (Å²) in [5.41, 5.74) is 0. The molecule has 1 fully saturated rings. The van der Waals surface area contributed by atoms with E-state index in [1.807, 2.05) is 0 Å². The fourth-order valence-corrected chi connectivity index (χ4v) is 11.4. The first-order chi connectivity index (χ1) is 26.9. The number of unbranched alkanes of at least 4 members (excludes halogenated alkanes) is 38. The van der Waals surface area contributed by atoms with E-state index in [-0.39, 0.29) is 0 Å². The second-order valence-corrected chi connectivity index (χ2v) is 21.0. The van der Waals surface area contributed by atoms with Gasteiger partial charge in [0.1, 0.15) is 0 Å². The van der Waals surface area contributed by atoms with E-state index >= 15 is 0 Å². The van der Waals surface area contributed by atoms with Crippen LogP contribution in [0, 0.1) is 5.92 Å². The molecule has 0 aromatic heterocycles. The molecule has 0 spiro atoms. The molecule has 0 aromatic carbocycles. The van der Waals surface area contributed by atoms with E-state index in [4.69, 9.17) is 0 Å². The molecule has 0 N–H and O–H groups in total. The van der Waals surface area contributed by atoms with Crippen LogP contribution in [0.5, 0.6) is 0 Å². The molecule has 0 unspecified atom stereocenters. The van der Waals surface area contributed by atoms with Crippen molar-refractivity contribution >= 4 is 23.5 Å². The van der Waals surface area contributed by atoms with Gasteiger partial charge in [-0.1, -0.05) is 258 Å². The van der Waals surface area contributed by atoms with E-state index < -0.39 is 0 Å². The molecule has 0 bridgehead atoms. The fraction of sp³-hybridized carbons (Fsp3) is 1.00. The first-order valence-electron chi connectivity index (χ1n) is 26.1. The van der Waals surface area contributed by atoms with Gasteiger partial charge in [0.15, 0.2) is 0 Å². The molecule has 1 saturated carbocycles. The monoisotopic (exact) mass is 793 g/mol. The maximum atomic E-state index is 2.34. The molecule has 0 nitrogen and oxygen atoms in total. The minimum atomic E-state index is 0.989. The van der Waals surface area contributed by atoms with E-state index in [0.29, 0.717) is 0 Å². The van der Waals surface area contributed by atoms with Crippen molar-refractivity contribution in [2.45, 2.75) is 308 Å². The Bertz CT molecular complexity index is 655. The molecule has 1 aliphatic rings. The van der Waals surface area contributed by atoms with Crippen LogP contribution in [0.2, 0.25) is 0 Å². The van der Waals surface area contributed by atoms with Gasteiger partial charge in [0, 0.05) is 5.25 Å². The van der Waals surface area contributed by atoms with Crippen LogP contribution in [0.15, 0.2) is 0 Å². The smallest absolute Gasteiger partial charge is 0.00472 e. The Morgan fingerprint density at radius 1 is 0.278 bits per heavy atom. The van der Waals surface area contributed by atoms with Crippen molar-refractivity contribution in [3.63, 3.8) is 0 Å². The summed E-state index contributed by atoms with van der Waals surface area (Å²) in [7, 11) is 0. The minimum absolute atomic E-state index is 0.989. The van der Waals surface area contributed by atoms with E-state index in [0.717, 1.165) is 11.2 Å². The normalized spacial score (nSPS) is 16.1. The summed E-state index contributed by atoms with van der Waals surface area (Å²) in [5.74, 6) is 5.33. The Balaban J connectivity index is 1.69. The van der Waals surface area contributed by atoms with Crippen LogP contribution in [-0.4, -0.2) is 22.5 Å². The summed E-state index contributed by atoms with van der Waals surface area (Å²) in [6.07, 6.45) is 66.8. The first kappa shape index (κ1) is 52.7. The minimum Gasteiger partial charge on any atom is -0.162 e. The molecule has 0 saturated heterocycles. The van der Waals surface area contributed by atoms with Crippen LogP contribution in [0.4, 0.5) is 0 Å². The van der Waals surface area contributed by atoms with Crippen molar-refractivity contribution in [1.29, 1.82) is 0 Å². The van der Waals surface area contributed by atoms with Crippen molar-refractivity contribution in [3.8, 4) is 0 Å². The van der Waals surface area contributed by atoms with Crippen molar-refractivity contribution in [2.75, 3.05) is 17.3 Å². The molecule has 324 valence electrons. The van der Waals surface area contributed by atoms with Gasteiger partial charge in [0.05, 0.1) is 0 Å². The molecular weight excluding hydrogens is 689 g/mol. The lowest BCUT2D eigenvalue weighted by Crippen LogP contribution is -2.17. The highest BCUT2D eigenvalue weighted by Gasteiger charge is 2.21. The third-order valence-corrected chi connectivity index (χ3v) is 15.5. The number of hydrogen-bond acceptors (Lipinski definition) is 2. The Morgan fingerprint density at radius 3 is 0.833 bits per heavy atom. The van der Waals surface area contributed by atoms with E-state index in [1.165, 1.54) is 306 Å². The van der Waals surface area contributed by atoms with Crippen molar-refractivity contribution in [2.24, 2.45) is 5.92 Å². The molecular formula is C52H104S2. The zero-order valence-electron chi connectivity index (χ0n) is 37.9. The van der Waals surface area contributed by atoms with Gasteiger partial charge < -0.3 is 0 Å². The summed E-state index contributed by atoms with van der Waals surface area (Å²) < 4.78 is 0. The zero-order chi connectivity index (χ0) is 38.5. The number of hydrogen-bond donors (Lipinski definition) is 0. The van der Waals surface area contributed by atoms with Gasteiger partial charge >= 0.3 is 0 Å². The summed E-state index contributed by atoms with van der Waals surface area (Å²) in [5, 5.41) is 0.989. The highest BCUT2D eigenvalue weighted by molar-refractivity contribution is 7.99. The molecule has 0 aliphatic heterocycles. The fourth-order valence-electron chi connectivity index (χ4n) is 9.01. The van der Waals surface area contributed by atoms with Crippen molar-refractivity contribution in [1.82, 2.24) is 0 Å². The third-order valence-electron chi connectivity index (χ3n) is 13.0. The van der Waals surface area contributed by atoms with Gasteiger partial charge in [-0.2, -0.15) is 23.5 Å². The van der Waals surface area contributed by atoms with Gasteiger partial charge in [0.25, 0.3) is 0 Å². The molecule has 1 rings (SSSR count). The van der Waals surface area contributed by atoms with Gasteiger partial charge in [-0.15, -0.1) is 0 Å². The Morgan fingerprint density at radius 2 is 0.537 bits per heavy atom. The standard InChI is InChI=1S/C52H104S2/c1-3-5-7-9-11-13-15-17-19-21-23-25-27-29-31-33-35-37-39-41-48-53-50-47-51-43-45-52(46-44-51)54-49-42-40-38-36-34-32-30-28-26-24-22-20-18-16-14-12-10-8-6-4-2/h51-52H,3-50H2,1-2H3. The Hall–Kier alpha value is 0.700. The van der Waals surface area contributed by atoms with Gasteiger partial charge in [0.2, 0.25) is 0 Å². The average molecular weight is 794 g/mol. The van der Waals surface area contributed by atoms with Crippen molar-refractivity contribution in [3.05, 3.63) is 0 Å². The maximum absolute atomic E-state index is 2.34. The first-order valence-corrected chi connectivity index (χ1v) is 28.3. The van der Waals surface area contributed by atoms with E-state index in [9.17, 15) is 0 Å². The van der Waals surface area contributed by atoms with E-state index in [1.54, 1.807) is 0 Å². The molecule has 0 radical (unpaired) electrons. The average Bonchev–Trinajstić information content (AvgIpc) is 3.19. The van der Waals surface area contributed by atoms with Crippen LogP contribution in [0.1, 0.15) is 303 Å². The lowest BCUT2D eigenvalue weighted by Gasteiger charge is -2.28. The van der Waals surface area contributed by atoms with Crippen LogP contribution < -0.4 is 0 Å². The SMILES string of the molecule is CCCCCCCCCCCCCCCCCCCCCCSCCC1CCC(SCCCCCCCCCCCCCCCCCCCCCC)CC1. The maximum Gasteiger partial charge on any atom is 0.00472 e. The molecule has 0 amide bonds. The van der Waals surface area contributed by atoms with Crippen LogP contribution in [0.3, 0.4) is 0 Å². The topological polar surface area (TPSA) is 0 Å². The van der Waals surface area contributed by atoms with Crippen molar-refractivity contribution < 1.29 is 0 Å². The number of thioether (sulfide) groups is 2. The quantitative estimate of drug-likeness (QED) is 0.0563. The highest BCUT2D eigenvalue weighted by atomic mass is 32.2. The number of rotatable bonds is 46. The molecule has 0 atom stereocenters. The molecule has 54 heavy (non-hydrogen) atoms. The van der Waals surface area contributed by atoms with Crippen LogP contribution in [0.25, 0.3) is 0 Å². The predicted molar refractivity (Wildman–Crippen MR) is 256 cm³/mol. The molecule has 1 aliphatic carbocycles. The predicted octanol–water partition coefficient (Wildman–Crippen LogP) is 20.0. The summed E-state index contributed by atoms with van der Waals surface area (Å²) in [6, 6.07) is 0. The van der Waals surface area contributed by atoms with Gasteiger partial charge in [-0.25, -0.2) is 0 Å². The summed E-state index contributed by atoms with van der Waals surface area (Å²) >= 11 is 4.61.